The van der Waals surface area contributed by atoms with Crippen LogP contribution in [0.1, 0.15) is 11.3 Å². The Morgan fingerprint density at radius 3 is 2.93 bits per heavy atom. The zero-order valence-electron chi connectivity index (χ0n) is 15.7. The lowest BCUT2D eigenvalue weighted by Crippen LogP contribution is -2.27. The molecule has 0 aliphatic carbocycles. The van der Waals surface area contributed by atoms with Gasteiger partial charge in [-0.05, 0) is 37.6 Å². The van der Waals surface area contributed by atoms with Crippen LogP contribution in [-0.4, -0.2) is 27.2 Å². The van der Waals surface area contributed by atoms with Crippen molar-refractivity contribution in [1.29, 1.82) is 0 Å². The van der Waals surface area contributed by atoms with E-state index in [2.05, 4.69) is 15.3 Å². The molecule has 0 fully saturated rings. The van der Waals surface area contributed by atoms with Gasteiger partial charge in [-0.15, -0.1) is 11.3 Å². The number of fused-ring (bicyclic) bond motifs is 4. The molecule has 3 aromatic heterocycles. The van der Waals surface area contributed by atoms with Crippen LogP contribution in [-0.2, 0) is 11.3 Å². The summed E-state index contributed by atoms with van der Waals surface area (Å²) in [6.07, 6.45) is 1.41. The maximum atomic E-state index is 12.9. The van der Waals surface area contributed by atoms with Crippen LogP contribution in [0.25, 0.3) is 20.4 Å². The van der Waals surface area contributed by atoms with Crippen LogP contribution >= 0.6 is 11.3 Å². The number of pyridine rings is 1. The molecule has 5 rings (SSSR count). The Hall–Kier alpha value is -3.46. The number of carbonyl (C=O) groups excluding carboxylic acids is 1. The number of aryl methyl sites for hydroxylation is 2. The number of ether oxygens (including phenoxy) is 2. The second-order valence-corrected chi connectivity index (χ2v) is 7.83. The van der Waals surface area contributed by atoms with Gasteiger partial charge in [0, 0.05) is 22.8 Å². The number of anilines is 1. The number of benzene rings is 1. The predicted molar refractivity (Wildman–Crippen MR) is 110 cm³/mol. The zero-order valence-corrected chi connectivity index (χ0v) is 16.5. The number of carbonyl (C=O) groups is 1. The van der Waals surface area contributed by atoms with Crippen molar-refractivity contribution in [2.75, 3.05) is 12.1 Å². The van der Waals surface area contributed by atoms with Crippen molar-refractivity contribution in [1.82, 2.24) is 14.5 Å². The van der Waals surface area contributed by atoms with E-state index in [1.807, 2.05) is 19.9 Å². The van der Waals surface area contributed by atoms with Crippen molar-refractivity contribution in [3.8, 4) is 11.5 Å². The Kier molecular flexibility index (Phi) is 3.99. The molecule has 4 heterocycles. The topological polar surface area (TPSA) is 95.3 Å². The number of rotatable bonds is 3. The van der Waals surface area contributed by atoms with E-state index in [-0.39, 0.29) is 24.8 Å². The van der Waals surface area contributed by atoms with Crippen molar-refractivity contribution in [3.63, 3.8) is 0 Å². The molecule has 4 aromatic rings. The van der Waals surface area contributed by atoms with Crippen molar-refractivity contribution >= 4 is 43.4 Å². The minimum atomic E-state index is -0.335. The SMILES string of the molecule is Cc1cc(C)c2c(n1)sc1c(=O)n(CC(=O)Nc3ccc4c(c3)OCO4)cnc12. The number of amides is 1. The van der Waals surface area contributed by atoms with Gasteiger partial charge in [-0.25, -0.2) is 9.97 Å². The van der Waals surface area contributed by atoms with Crippen LogP contribution in [0.15, 0.2) is 35.4 Å². The molecule has 9 heteroatoms. The average molecular weight is 408 g/mol. The van der Waals surface area contributed by atoms with E-state index in [0.717, 1.165) is 21.5 Å². The van der Waals surface area contributed by atoms with Gasteiger partial charge in [-0.2, -0.15) is 0 Å². The first kappa shape index (κ1) is 17.6. The highest BCUT2D eigenvalue weighted by molar-refractivity contribution is 7.25. The van der Waals surface area contributed by atoms with Gasteiger partial charge in [0.15, 0.2) is 11.5 Å². The Morgan fingerprint density at radius 2 is 2.07 bits per heavy atom. The summed E-state index contributed by atoms with van der Waals surface area (Å²) in [6, 6.07) is 7.11. The van der Waals surface area contributed by atoms with Gasteiger partial charge in [-0.1, -0.05) is 0 Å². The van der Waals surface area contributed by atoms with Gasteiger partial charge in [0.25, 0.3) is 5.56 Å². The van der Waals surface area contributed by atoms with Crippen molar-refractivity contribution in [2.24, 2.45) is 0 Å². The highest BCUT2D eigenvalue weighted by Crippen LogP contribution is 2.34. The Labute approximate surface area is 168 Å². The summed E-state index contributed by atoms with van der Waals surface area (Å²) in [4.78, 5) is 35.1. The fraction of sp³-hybridized carbons (Fsp3) is 0.200. The third-order valence-electron chi connectivity index (χ3n) is 4.71. The third-order valence-corrected chi connectivity index (χ3v) is 5.77. The zero-order chi connectivity index (χ0) is 20.1. The predicted octanol–water partition coefficient (Wildman–Crippen LogP) is 2.99. The minimum absolute atomic E-state index is 0.143. The Balaban J connectivity index is 1.45. The molecule has 0 saturated heterocycles. The molecular weight excluding hydrogens is 392 g/mol. The van der Waals surface area contributed by atoms with Gasteiger partial charge in [0.2, 0.25) is 12.7 Å². The molecule has 1 amide bonds. The van der Waals surface area contributed by atoms with E-state index >= 15 is 0 Å². The molecular formula is C20H16N4O4S. The number of nitrogens with zero attached hydrogens (tertiary/aromatic N) is 3. The van der Waals surface area contributed by atoms with Crippen molar-refractivity contribution < 1.29 is 14.3 Å². The number of hydrogen-bond donors (Lipinski definition) is 1. The average Bonchev–Trinajstić information content (AvgIpc) is 3.28. The third kappa shape index (κ3) is 2.99. The van der Waals surface area contributed by atoms with Gasteiger partial charge in [0.05, 0.1) is 11.8 Å². The first-order valence-corrected chi connectivity index (χ1v) is 9.76. The standard InChI is InChI=1S/C20H16N4O4S/c1-10-5-11(2)22-19-16(10)17-18(29-19)20(26)24(8-21-17)7-15(25)23-12-3-4-13-14(6-12)28-9-27-13/h3-6,8H,7,9H2,1-2H3,(H,23,25). The lowest BCUT2D eigenvalue weighted by molar-refractivity contribution is -0.116. The Morgan fingerprint density at radius 1 is 1.24 bits per heavy atom. The molecule has 0 spiro atoms. The smallest absolute Gasteiger partial charge is 0.271 e. The monoisotopic (exact) mass is 408 g/mol. The molecule has 0 radical (unpaired) electrons. The summed E-state index contributed by atoms with van der Waals surface area (Å²) in [6.45, 7) is 3.92. The van der Waals surface area contributed by atoms with Gasteiger partial charge in [-0.3, -0.25) is 14.2 Å². The molecule has 0 atom stereocenters. The summed E-state index contributed by atoms with van der Waals surface area (Å²) in [5, 5.41) is 3.66. The summed E-state index contributed by atoms with van der Waals surface area (Å²) >= 11 is 1.31. The largest absolute Gasteiger partial charge is 0.454 e. The summed E-state index contributed by atoms with van der Waals surface area (Å²) < 4.78 is 12.4. The number of hydrogen-bond acceptors (Lipinski definition) is 7. The fourth-order valence-electron chi connectivity index (χ4n) is 3.44. The van der Waals surface area contributed by atoms with Crippen LogP contribution in [0.5, 0.6) is 11.5 Å². The van der Waals surface area contributed by atoms with E-state index in [1.165, 1.54) is 22.2 Å². The molecule has 0 bridgehead atoms. The summed E-state index contributed by atoms with van der Waals surface area (Å²) in [5.74, 6) is 0.877. The molecule has 1 aromatic carbocycles. The highest BCUT2D eigenvalue weighted by Gasteiger charge is 2.17. The molecule has 1 N–H and O–H groups in total. The van der Waals surface area contributed by atoms with Crippen LogP contribution in [0.3, 0.4) is 0 Å². The fourth-order valence-corrected chi connectivity index (χ4v) is 4.64. The molecule has 8 nitrogen and oxygen atoms in total. The Bertz CT molecular complexity index is 1360. The quantitative estimate of drug-likeness (QED) is 0.560. The van der Waals surface area contributed by atoms with Crippen LogP contribution in [0.2, 0.25) is 0 Å². The lowest BCUT2D eigenvalue weighted by atomic mass is 10.1. The minimum Gasteiger partial charge on any atom is -0.454 e. The van der Waals surface area contributed by atoms with Crippen LogP contribution < -0.4 is 20.3 Å². The van der Waals surface area contributed by atoms with E-state index in [0.29, 0.717) is 27.4 Å². The molecule has 29 heavy (non-hydrogen) atoms. The number of thiophene rings is 1. The van der Waals surface area contributed by atoms with Crippen LogP contribution in [0, 0.1) is 13.8 Å². The lowest BCUT2D eigenvalue weighted by Gasteiger charge is -2.08. The van der Waals surface area contributed by atoms with E-state index < -0.39 is 0 Å². The first-order valence-electron chi connectivity index (χ1n) is 8.95. The summed E-state index contributed by atoms with van der Waals surface area (Å²) in [7, 11) is 0. The maximum absolute atomic E-state index is 12.9. The molecule has 1 aliphatic heterocycles. The molecule has 0 unspecified atom stereocenters. The summed E-state index contributed by atoms with van der Waals surface area (Å²) in [5.41, 5.74) is 2.87. The molecule has 0 saturated carbocycles. The highest BCUT2D eigenvalue weighted by atomic mass is 32.1. The molecule has 146 valence electrons. The molecule has 1 aliphatic rings. The van der Waals surface area contributed by atoms with Gasteiger partial charge in [0.1, 0.15) is 16.1 Å². The number of nitrogens with one attached hydrogen (secondary N) is 1. The normalized spacial score (nSPS) is 12.6. The van der Waals surface area contributed by atoms with Gasteiger partial charge < -0.3 is 14.8 Å². The van der Waals surface area contributed by atoms with E-state index in [9.17, 15) is 9.59 Å². The van der Waals surface area contributed by atoms with Crippen LogP contribution in [0.4, 0.5) is 5.69 Å². The van der Waals surface area contributed by atoms with Gasteiger partial charge >= 0.3 is 0 Å². The van der Waals surface area contributed by atoms with E-state index in [1.54, 1.807) is 18.2 Å². The second kappa shape index (κ2) is 6.56. The maximum Gasteiger partial charge on any atom is 0.271 e. The van der Waals surface area contributed by atoms with Crippen molar-refractivity contribution in [3.05, 3.63) is 52.2 Å². The number of aromatic nitrogens is 3. The van der Waals surface area contributed by atoms with E-state index in [4.69, 9.17) is 9.47 Å². The first-order chi connectivity index (χ1) is 14.0. The second-order valence-electron chi connectivity index (χ2n) is 6.83. The van der Waals surface area contributed by atoms with Crippen molar-refractivity contribution in [2.45, 2.75) is 20.4 Å².